The molecule has 1 aromatic carbocycles. The number of urea groups is 1. The maximum Gasteiger partial charge on any atom is 0.410 e. The van der Waals surface area contributed by atoms with Crippen LogP contribution < -0.4 is 21.3 Å². The largest absolute Gasteiger partial charge is 0.444 e. The molecular weight excluding hydrogens is 627 g/mol. The number of carbonyl (C=O) groups excluding carboxylic acids is 3. The van der Waals surface area contributed by atoms with Gasteiger partial charge >= 0.3 is 12.1 Å². The molecule has 0 radical (unpaired) electrons. The number of nitrogens with zero attached hydrogens (tertiary/aromatic N) is 4. The van der Waals surface area contributed by atoms with E-state index in [-0.39, 0.29) is 11.8 Å². The number of carbonyl (C=O) groups is 3. The number of hydrogen-bond donors (Lipinski definition) is 4. The number of ether oxygens (including phenoxy) is 1. The van der Waals surface area contributed by atoms with Gasteiger partial charge in [-0.15, -0.1) is 0 Å². The number of benzene rings is 1. The van der Waals surface area contributed by atoms with Crippen LogP contribution in [0.5, 0.6) is 0 Å². The van der Waals surface area contributed by atoms with Crippen LogP contribution in [0.3, 0.4) is 0 Å². The van der Waals surface area contributed by atoms with Gasteiger partial charge in [-0.25, -0.2) is 14.6 Å². The number of imide groups is 1. The Labute approximate surface area is 245 Å². The Bertz CT molecular complexity index is 1490. The average Bonchev–Trinajstić information content (AvgIpc) is 3.43. The van der Waals surface area contributed by atoms with E-state index in [0.29, 0.717) is 42.6 Å². The zero-order valence-electron chi connectivity index (χ0n) is 22.5. The number of fused-ring (bicyclic) bond motifs is 1. The first-order valence-electron chi connectivity index (χ1n) is 13.0. The van der Waals surface area contributed by atoms with Crippen molar-refractivity contribution in [2.24, 2.45) is 5.92 Å². The van der Waals surface area contributed by atoms with E-state index >= 15 is 0 Å². The fraction of sp³-hybridized carbons (Fsp3) is 0.370. The molecule has 0 atom stereocenters. The summed E-state index contributed by atoms with van der Waals surface area (Å²) in [5.41, 5.74) is 1.58. The van der Waals surface area contributed by atoms with E-state index in [4.69, 9.17) is 9.72 Å². The molecule has 5 rings (SSSR count). The first-order chi connectivity index (χ1) is 19.0. The van der Waals surface area contributed by atoms with Gasteiger partial charge in [-0.2, -0.15) is 9.61 Å². The molecule has 13 heteroatoms. The molecule has 40 heavy (non-hydrogen) atoms. The fourth-order valence-corrected chi connectivity index (χ4v) is 5.06. The molecule has 0 saturated carbocycles. The lowest BCUT2D eigenvalue weighted by Gasteiger charge is -2.33. The van der Waals surface area contributed by atoms with Gasteiger partial charge in [-0.1, -0.05) is 6.07 Å². The van der Waals surface area contributed by atoms with Crippen molar-refractivity contribution in [2.45, 2.75) is 39.2 Å². The van der Waals surface area contributed by atoms with Gasteiger partial charge in [-0.3, -0.25) is 10.1 Å². The van der Waals surface area contributed by atoms with Crippen LogP contribution in [0.1, 0.15) is 39.2 Å². The predicted molar refractivity (Wildman–Crippen MR) is 159 cm³/mol. The van der Waals surface area contributed by atoms with Crippen molar-refractivity contribution in [3.05, 3.63) is 51.4 Å². The third-order valence-corrected chi connectivity index (χ3v) is 7.12. The van der Waals surface area contributed by atoms with Crippen molar-refractivity contribution in [1.82, 2.24) is 30.1 Å². The number of halogens is 1. The smallest absolute Gasteiger partial charge is 0.410 e. The Morgan fingerprint density at radius 2 is 1.98 bits per heavy atom. The molecule has 4 N–H and O–H groups in total. The van der Waals surface area contributed by atoms with E-state index in [2.05, 4.69) is 49.0 Å². The lowest BCUT2D eigenvalue weighted by Crippen LogP contribution is -2.42. The van der Waals surface area contributed by atoms with E-state index in [1.807, 2.05) is 51.1 Å². The molecule has 0 aliphatic carbocycles. The summed E-state index contributed by atoms with van der Waals surface area (Å²) in [5.74, 6) is 1.16. The van der Waals surface area contributed by atoms with Crippen molar-refractivity contribution in [2.75, 3.05) is 30.3 Å². The highest BCUT2D eigenvalue weighted by Crippen LogP contribution is 2.26. The van der Waals surface area contributed by atoms with Crippen molar-refractivity contribution >= 4 is 69.7 Å². The van der Waals surface area contributed by atoms with E-state index < -0.39 is 17.5 Å². The van der Waals surface area contributed by atoms with E-state index in [1.54, 1.807) is 21.7 Å². The normalized spacial score (nSPS) is 17.2. The van der Waals surface area contributed by atoms with Crippen LogP contribution in [-0.4, -0.2) is 62.8 Å². The minimum atomic E-state index is -0.568. The third-order valence-electron chi connectivity index (χ3n) is 6.45. The van der Waals surface area contributed by atoms with Gasteiger partial charge in [0, 0.05) is 40.5 Å². The van der Waals surface area contributed by atoms with Crippen LogP contribution in [-0.2, 0) is 9.53 Å². The van der Waals surface area contributed by atoms with Gasteiger partial charge in [0.15, 0.2) is 5.65 Å². The molecule has 0 spiro atoms. The summed E-state index contributed by atoms with van der Waals surface area (Å²) in [6.45, 7) is 7.56. The van der Waals surface area contributed by atoms with Crippen LogP contribution in [0.4, 0.5) is 26.9 Å². The second-order valence-electron chi connectivity index (χ2n) is 10.8. The molecule has 2 fully saturated rings. The summed E-state index contributed by atoms with van der Waals surface area (Å²) in [5, 5.41) is 16.1. The summed E-state index contributed by atoms with van der Waals surface area (Å²) >= 11 is 2.25. The van der Waals surface area contributed by atoms with Gasteiger partial charge in [-0.05, 0) is 86.4 Å². The van der Waals surface area contributed by atoms with E-state index in [0.717, 1.165) is 27.9 Å². The molecule has 12 nitrogen and oxygen atoms in total. The van der Waals surface area contributed by atoms with Gasteiger partial charge in [0.1, 0.15) is 22.9 Å². The molecule has 210 valence electrons. The summed E-state index contributed by atoms with van der Waals surface area (Å²) in [6.07, 6.45) is 4.58. The monoisotopic (exact) mass is 658 g/mol. The number of likely N-dealkylation sites (tertiary alicyclic amines) is 1. The molecule has 3 aromatic rings. The first kappa shape index (κ1) is 27.7. The zero-order chi connectivity index (χ0) is 28.4. The number of amides is 4. The number of aromatic nitrogens is 3. The fourth-order valence-electron chi connectivity index (χ4n) is 4.52. The molecule has 2 aromatic heterocycles. The third kappa shape index (κ3) is 6.63. The molecule has 4 amide bonds. The van der Waals surface area contributed by atoms with E-state index in [9.17, 15) is 14.4 Å². The molecule has 0 unspecified atom stereocenters. The molecule has 0 bridgehead atoms. The molecule has 2 aliphatic heterocycles. The Balaban J connectivity index is 1.36. The minimum absolute atomic E-state index is 0.129. The van der Waals surface area contributed by atoms with Crippen molar-refractivity contribution in [3.8, 4) is 0 Å². The van der Waals surface area contributed by atoms with Gasteiger partial charge in [0.05, 0.1) is 6.20 Å². The van der Waals surface area contributed by atoms with Gasteiger partial charge in [0.2, 0.25) is 0 Å². The number of anilines is 3. The summed E-state index contributed by atoms with van der Waals surface area (Å²) in [7, 11) is 0. The van der Waals surface area contributed by atoms with Crippen molar-refractivity contribution in [3.63, 3.8) is 0 Å². The van der Waals surface area contributed by atoms with Crippen LogP contribution in [0.15, 0.2) is 42.2 Å². The zero-order valence-corrected chi connectivity index (χ0v) is 24.6. The maximum atomic E-state index is 12.4. The number of rotatable bonds is 6. The second-order valence-corrected chi connectivity index (χ2v) is 12.0. The van der Waals surface area contributed by atoms with E-state index in [1.165, 1.54) is 0 Å². The van der Waals surface area contributed by atoms with Gasteiger partial charge in [0.25, 0.3) is 5.91 Å². The van der Waals surface area contributed by atoms with Crippen LogP contribution in [0.25, 0.3) is 11.7 Å². The number of piperidine rings is 1. The quantitative estimate of drug-likeness (QED) is 0.175. The maximum absolute atomic E-state index is 12.4. The lowest BCUT2D eigenvalue weighted by atomic mass is 9.97. The highest BCUT2D eigenvalue weighted by molar-refractivity contribution is 14.1. The van der Waals surface area contributed by atoms with Crippen LogP contribution in [0.2, 0.25) is 0 Å². The lowest BCUT2D eigenvalue weighted by molar-refractivity contribution is -0.115. The van der Waals surface area contributed by atoms with Crippen molar-refractivity contribution < 1.29 is 19.1 Å². The molecule has 4 heterocycles. The molecular formula is C27H31IN8O4. The Morgan fingerprint density at radius 1 is 1.20 bits per heavy atom. The summed E-state index contributed by atoms with van der Waals surface area (Å²) < 4.78 is 8.27. The Hall–Kier alpha value is -3.88. The topological polar surface area (TPSA) is 142 Å². The second kappa shape index (κ2) is 11.3. The highest BCUT2D eigenvalue weighted by atomic mass is 127. The summed E-state index contributed by atoms with van der Waals surface area (Å²) in [4.78, 5) is 42.6. The SMILES string of the molecule is CC(C)(C)OC(=O)N1CCC(CNc2cc(Nc3cccc(I)c3)nc3c(/C=C4\NC(=O)NC4=O)cnn23)CC1. The van der Waals surface area contributed by atoms with Gasteiger partial charge < -0.3 is 25.6 Å². The minimum Gasteiger partial charge on any atom is -0.444 e. The Kier molecular flexibility index (Phi) is 7.83. The molecule has 2 aliphatic rings. The average molecular weight is 659 g/mol. The highest BCUT2D eigenvalue weighted by Gasteiger charge is 2.27. The number of hydrogen-bond acceptors (Lipinski definition) is 8. The number of nitrogens with one attached hydrogen (secondary N) is 4. The summed E-state index contributed by atoms with van der Waals surface area (Å²) in [6, 6.07) is 9.25. The predicted octanol–water partition coefficient (Wildman–Crippen LogP) is 4.32. The van der Waals surface area contributed by atoms with Crippen LogP contribution >= 0.6 is 22.6 Å². The van der Waals surface area contributed by atoms with Crippen molar-refractivity contribution in [1.29, 1.82) is 0 Å². The molecule has 2 saturated heterocycles. The Morgan fingerprint density at radius 3 is 2.65 bits per heavy atom. The first-order valence-corrected chi connectivity index (χ1v) is 14.1. The standard InChI is InChI=1S/C27H31IN8O4/c1-27(2,3)40-26(39)35-9-7-16(8-10-35)14-29-22-13-21(31-19-6-4-5-18(28)12-19)33-23-17(15-30-36(22)23)11-20-24(37)34-25(38)32-20/h4-6,11-13,15-16,29H,7-10,14H2,1-3H3,(H,31,33)(H2,32,34,37,38)/b20-11-. The van der Waals surface area contributed by atoms with Crippen LogP contribution in [0, 0.1) is 9.49 Å².